The summed E-state index contributed by atoms with van der Waals surface area (Å²) in [6.45, 7) is 2.28. The van der Waals surface area contributed by atoms with Crippen molar-refractivity contribution in [3.8, 4) is 34.4 Å². The van der Waals surface area contributed by atoms with Gasteiger partial charge in [0.2, 0.25) is 23.6 Å². The van der Waals surface area contributed by atoms with Crippen molar-refractivity contribution in [3.63, 3.8) is 0 Å². The Labute approximate surface area is 177 Å². The lowest BCUT2D eigenvalue weighted by molar-refractivity contribution is 0.171. The van der Waals surface area contributed by atoms with E-state index in [0.29, 0.717) is 34.0 Å². The van der Waals surface area contributed by atoms with Gasteiger partial charge in [0.05, 0.1) is 7.11 Å². The third kappa shape index (κ3) is 3.35. The molecule has 0 aliphatic carbocycles. The van der Waals surface area contributed by atoms with Crippen molar-refractivity contribution in [3.05, 3.63) is 42.0 Å². The predicted molar refractivity (Wildman–Crippen MR) is 112 cm³/mol. The molecule has 1 aromatic heterocycles. The first-order chi connectivity index (χ1) is 14.8. The Bertz CT molecular complexity index is 1090. The highest BCUT2D eigenvalue weighted by Crippen LogP contribution is 2.45. The summed E-state index contributed by atoms with van der Waals surface area (Å²) in [5.74, 6) is 3.15. The molecule has 2 aliphatic rings. The second-order valence-corrected chi connectivity index (χ2v) is 7.80. The van der Waals surface area contributed by atoms with Crippen molar-refractivity contribution in [2.45, 2.75) is 24.7 Å². The third-order valence-electron chi connectivity index (χ3n) is 4.75. The first-order valence-corrected chi connectivity index (χ1v) is 10.6. The summed E-state index contributed by atoms with van der Waals surface area (Å²) in [5.41, 5.74) is 3.19. The minimum absolute atomic E-state index is 0.162. The Kier molecular flexibility index (Phi) is 4.96. The standard InChI is InChI=1S/C21H20N4O4S/c1-3-8-30-21-23-20-17(24-25-21)13-6-4-5-7-14(13)22-19(29-20)12-9-15(26-2)18-16(10-12)27-11-28-18/h4-7,9-10,19,22H,3,8,11H2,1-2H3. The number of thioether (sulfide) groups is 1. The van der Waals surface area contributed by atoms with Gasteiger partial charge in [-0.3, -0.25) is 0 Å². The summed E-state index contributed by atoms with van der Waals surface area (Å²) in [7, 11) is 1.60. The van der Waals surface area contributed by atoms with Gasteiger partial charge in [0.25, 0.3) is 0 Å². The number of benzene rings is 2. The molecule has 0 bridgehead atoms. The molecule has 5 rings (SSSR count). The molecule has 2 aromatic carbocycles. The van der Waals surface area contributed by atoms with E-state index in [0.717, 1.165) is 29.0 Å². The van der Waals surface area contributed by atoms with Crippen LogP contribution in [0.15, 0.2) is 41.6 Å². The highest BCUT2D eigenvalue weighted by molar-refractivity contribution is 7.99. The molecule has 3 heterocycles. The van der Waals surface area contributed by atoms with E-state index in [4.69, 9.17) is 18.9 Å². The van der Waals surface area contributed by atoms with E-state index >= 15 is 0 Å². The number of ether oxygens (including phenoxy) is 4. The van der Waals surface area contributed by atoms with Crippen LogP contribution >= 0.6 is 11.8 Å². The van der Waals surface area contributed by atoms with Gasteiger partial charge in [-0.2, -0.15) is 4.98 Å². The lowest BCUT2D eigenvalue weighted by atomic mass is 10.1. The second kappa shape index (κ2) is 7.91. The van der Waals surface area contributed by atoms with Crippen molar-refractivity contribution in [2.75, 3.05) is 25.0 Å². The first-order valence-electron chi connectivity index (χ1n) is 9.64. The van der Waals surface area contributed by atoms with Crippen LogP contribution < -0.4 is 24.3 Å². The Balaban J connectivity index is 1.59. The fourth-order valence-electron chi connectivity index (χ4n) is 3.35. The predicted octanol–water partition coefficient (Wildman–Crippen LogP) is 4.28. The van der Waals surface area contributed by atoms with Crippen LogP contribution in [0.3, 0.4) is 0 Å². The molecule has 8 nitrogen and oxygen atoms in total. The zero-order valence-electron chi connectivity index (χ0n) is 16.5. The van der Waals surface area contributed by atoms with Crippen LogP contribution in [-0.4, -0.2) is 34.8 Å². The molecular weight excluding hydrogens is 404 g/mol. The van der Waals surface area contributed by atoms with Gasteiger partial charge >= 0.3 is 0 Å². The van der Waals surface area contributed by atoms with E-state index in [9.17, 15) is 0 Å². The van der Waals surface area contributed by atoms with Gasteiger partial charge in [0.15, 0.2) is 23.4 Å². The Morgan fingerprint density at radius 1 is 1.20 bits per heavy atom. The molecule has 0 saturated heterocycles. The summed E-state index contributed by atoms with van der Waals surface area (Å²) >= 11 is 1.56. The van der Waals surface area contributed by atoms with Gasteiger partial charge in [-0.15, -0.1) is 10.2 Å². The number of aromatic nitrogens is 3. The summed E-state index contributed by atoms with van der Waals surface area (Å²) < 4.78 is 22.9. The van der Waals surface area contributed by atoms with Crippen LogP contribution in [0.5, 0.6) is 23.1 Å². The second-order valence-electron chi connectivity index (χ2n) is 6.74. The number of nitrogens with one attached hydrogen (secondary N) is 1. The van der Waals surface area contributed by atoms with Crippen LogP contribution in [0.2, 0.25) is 0 Å². The number of fused-ring (bicyclic) bond motifs is 4. The number of hydrogen-bond acceptors (Lipinski definition) is 9. The van der Waals surface area contributed by atoms with Crippen molar-refractivity contribution in [1.29, 1.82) is 0 Å². The van der Waals surface area contributed by atoms with Crippen LogP contribution in [-0.2, 0) is 0 Å². The zero-order valence-corrected chi connectivity index (χ0v) is 17.4. The monoisotopic (exact) mass is 424 g/mol. The molecule has 9 heteroatoms. The van der Waals surface area contributed by atoms with Crippen LogP contribution in [0.4, 0.5) is 5.69 Å². The summed E-state index contributed by atoms with van der Waals surface area (Å²) in [6.07, 6.45) is 0.493. The maximum Gasteiger partial charge on any atom is 0.247 e. The SMILES string of the molecule is CCCSc1nnc2c(n1)OC(c1cc(OC)c3c(c1)OCO3)Nc1ccccc1-2. The highest BCUT2D eigenvalue weighted by Gasteiger charge is 2.29. The molecule has 3 aromatic rings. The first kappa shape index (κ1) is 18.8. The largest absolute Gasteiger partial charge is 0.493 e. The van der Waals surface area contributed by atoms with E-state index in [2.05, 4.69) is 27.4 Å². The number of methoxy groups -OCH3 is 1. The summed E-state index contributed by atoms with van der Waals surface area (Å²) in [5, 5.41) is 12.7. The maximum absolute atomic E-state index is 6.32. The molecule has 0 amide bonds. The lowest BCUT2D eigenvalue weighted by Gasteiger charge is -2.20. The number of hydrogen-bond donors (Lipinski definition) is 1. The quantitative estimate of drug-likeness (QED) is 0.603. The number of rotatable bonds is 5. The Morgan fingerprint density at radius 2 is 2.10 bits per heavy atom. The van der Waals surface area contributed by atoms with Gasteiger partial charge in [0.1, 0.15) is 0 Å². The molecule has 2 aliphatic heterocycles. The van der Waals surface area contributed by atoms with E-state index in [1.54, 1.807) is 18.9 Å². The molecule has 30 heavy (non-hydrogen) atoms. The van der Waals surface area contributed by atoms with Crippen molar-refractivity contribution in [2.24, 2.45) is 0 Å². The summed E-state index contributed by atoms with van der Waals surface area (Å²) in [4.78, 5) is 4.64. The molecule has 1 atom stereocenters. The zero-order chi connectivity index (χ0) is 20.5. The van der Waals surface area contributed by atoms with E-state index in [1.165, 1.54) is 0 Å². The average molecular weight is 424 g/mol. The molecule has 0 fully saturated rings. The van der Waals surface area contributed by atoms with Gasteiger partial charge in [0, 0.05) is 22.6 Å². The molecule has 0 spiro atoms. The Morgan fingerprint density at radius 3 is 2.97 bits per heavy atom. The fraction of sp³-hybridized carbons (Fsp3) is 0.286. The minimum atomic E-state index is -0.531. The van der Waals surface area contributed by atoms with Crippen molar-refractivity contribution < 1.29 is 18.9 Å². The van der Waals surface area contributed by atoms with Crippen LogP contribution in [0.1, 0.15) is 25.1 Å². The lowest BCUT2D eigenvalue weighted by Crippen LogP contribution is -2.17. The smallest absolute Gasteiger partial charge is 0.247 e. The minimum Gasteiger partial charge on any atom is -0.493 e. The Hall–Kier alpha value is -3.20. The van der Waals surface area contributed by atoms with Gasteiger partial charge in [-0.05, 0) is 24.6 Å². The summed E-state index contributed by atoms with van der Waals surface area (Å²) in [6, 6.07) is 11.6. The fourth-order valence-corrected chi connectivity index (χ4v) is 3.99. The normalized spacial score (nSPS) is 16.0. The van der Waals surface area contributed by atoms with Crippen LogP contribution in [0.25, 0.3) is 11.3 Å². The number of para-hydroxylation sites is 1. The third-order valence-corrected chi connectivity index (χ3v) is 5.80. The highest BCUT2D eigenvalue weighted by atomic mass is 32.2. The molecule has 0 saturated carbocycles. The van der Waals surface area contributed by atoms with E-state index in [1.807, 2.05) is 36.4 Å². The maximum atomic E-state index is 6.32. The van der Waals surface area contributed by atoms with Crippen LogP contribution in [0, 0.1) is 0 Å². The average Bonchev–Trinajstić information content (AvgIpc) is 3.19. The van der Waals surface area contributed by atoms with Gasteiger partial charge in [-0.1, -0.05) is 36.9 Å². The topological polar surface area (TPSA) is 87.6 Å². The molecule has 1 unspecified atom stereocenters. The van der Waals surface area contributed by atoms with Crippen molar-refractivity contribution in [1.82, 2.24) is 15.2 Å². The van der Waals surface area contributed by atoms with Gasteiger partial charge in [-0.25, -0.2) is 0 Å². The van der Waals surface area contributed by atoms with E-state index in [-0.39, 0.29) is 6.79 Å². The molecular formula is C21H20N4O4S. The number of anilines is 1. The molecule has 1 N–H and O–H groups in total. The van der Waals surface area contributed by atoms with E-state index < -0.39 is 6.23 Å². The van der Waals surface area contributed by atoms with Crippen molar-refractivity contribution >= 4 is 17.4 Å². The van der Waals surface area contributed by atoms with Gasteiger partial charge < -0.3 is 24.3 Å². The number of nitrogens with zero attached hydrogens (tertiary/aromatic N) is 3. The molecule has 154 valence electrons. The molecule has 0 radical (unpaired) electrons.